The third-order valence-electron chi connectivity index (χ3n) is 2.59. The van der Waals surface area contributed by atoms with Crippen LogP contribution in [0.15, 0.2) is 24.3 Å². The highest BCUT2D eigenvalue weighted by Crippen LogP contribution is 2.18. The zero-order valence-electron chi connectivity index (χ0n) is 12.3. The van der Waals surface area contributed by atoms with Crippen molar-refractivity contribution in [2.24, 2.45) is 5.41 Å². The van der Waals surface area contributed by atoms with Crippen LogP contribution >= 0.6 is 0 Å². The van der Waals surface area contributed by atoms with Gasteiger partial charge in [-0.1, -0.05) is 32.9 Å². The first-order valence-corrected chi connectivity index (χ1v) is 6.53. The van der Waals surface area contributed by atoms with E-state index >= 15 is 0 Å². The second-order valence-corrected chi connectivity index (χ2v) is 5.99. The van der Waals surface area contributed by atoms with Crippen LogP contribution < -0.4 is 4.74 Å². The minimum atomic E-state index is -0.613. The minimum absolute atomic E-state index is 0.120. The van der Waals surface area contributed by atoms with Crippen LogP contribution in [0.4, 0.5) is 0 Å². The number of rotatable bonds is 5. The molecule has 0 aromatic heterocycles. The van der Waals surface area contributed by atoms with E-state index in [0.717, 1.165) is 11.3 Å². The van der Waals surface area contributed by atoms with Crippen molar-refractivity contribution in [3.63, 3.8) is 0 Å². The summed E-state index contributed by atoms with van der Waals surface area (Å²) in [5.74, 6) is 0.105. The van der Waals surface area contributed by atoms with Gasteiger partial charge < -0.3 is 4.74 Å². The summed E-state index contributed by atoms with van der Waals surface area (Å²) in [6.07, 6.45) is 0.271. The molecule has 0 radical (unpaired) electrons. The molecule has 0 aliphatic rings. The van der Waals surface area contributed by atoms with Crippen molar-refractivity contribution in [2.45, 2.75) is 47.1 Å². The van der Waals surface area contributed by atoms with Crippen LogP contribution in [0, 0.1) is 5.41 Å². The van der Waals surface area contributed by atoms with Gasteiger partial charge in [-0.05, 0) is 31.5 Å². The van der Waals surface area contributed by atoms with Crippen molar-refractivity contribution in [3.05, 3.63) is 29.8 Å². The van der Waals surface area contributed by atoms with E-state index in [1.165, 1.54) is 0 Å². The molecule has 19 heavy (non-hydrogen) atoms. The summed E-state index contributed by atoms with van der Waals surface area (Å²) >= 11 is 0. The maximum Gasteiger partial charge on any atom is 0.204 e. The number of ketones is 2. The van der Waals surface area contributed by atoms with Crippen molar-refractivity contribution in [3.8, 4) is 5.75 Å². The minimum Gasteiger partial charge on any atom is -0.491 e. The lowest BCUT2D eigenvalue weighted by Crippen LogP contribution is -2.29. The highest BCUT2D eigenvalue weighted by molar-refractivity contribution is 6.39. The lowest BCUT2D eigenvalue weighted by molar-refractivity contribution is -0.140. The van der Waals surface area contributed by atoms with Crippen molar-refractivity contribution in [2.75, 3.05) is 0 Å². The molecule has 0 bridgehead atoms. The second-order valence-electron chi connectivity index (χ2n) is 5.99. The Balaban J connectivity index is 2.68. The van der Waals surface area contributed by atoms with Crippen molar-refractivity contribution in [1.82, 2.24) is 0 Å². The lowest BCUT2D eigenvalue weighted by Gasteiger charge is -2.15. The number of benzene rings is 1. The quantitative estimate of drug-likeness (QED) is 0.765. The van der Waals surface area contributed by atoms with Crippen LogP contribution in [0.1, 0.15) is 40.2 Å². The Bertz CT molecular complexity index is 450. The van der Waals surface area contributed by atoms with E-state index in [1.54, 1.807) is 20.8 Å². The molecule has 0 atom stereocenters. The highest BCUT2D eigenvalue weighted by atomic mass is 16.5. The van der Waals surface area contributed by atoms with E-state index in [4.69, 9.17) is 4.74 Å². The monoisotopic (exact) mass is 262 g/mol. The number of carbonyl (C=O) groups excluding carboxylic acids is 2. The first-order valence-electron chi connectivity index (χ1n) is 6.53. The third-order valence-corrected chi connectivity index (χ3v) is 2.59. The molecule has 0 saturated carbocycles. The average Bonchev–Trinajstić information content (AvgIpc) is 2.28. The standard InChI is InChI=1S/C16H22O3/c1-11(2)19-13-8-6-12(7-9-13)10-14(17)15(18)16(3,4)5/h6-9,11H,10H2,1-5H3. The zero-order chi connectivity index (χ0) is 14.6. The summed E-state index contributed by atoms with van der Waals surface area (Å²) in [4.78, 5) is 23.6. The molecule has 0 saturated heterocycles. The predicted molar refractivity (Wildman–Crippen MR) is 75.4 cm³/mol. The van der Waals surface area contributed by atoms with Gasteiger partial charge in [-0.3, -0.25) is 9.59 Å². The van der Waals surface area contributed by atoms with Gasteiger partial charge in [0.25, 0.3) is 0 Å². The zero-order valence-corrected chi connectivity index (χ0v) is 12.3. The van der Waals surface area contributed by atoms with Crippen molar-refractivity contribution in [1.29, 1.82) is 0 Å². The Morgan fingerprint density at radius 1 is 1.11 bits per heavy atom. The molecule has 0 aliphatic heterocycles. The Kier molecular flexibility index (Phi) is 4.87. The van der Waals surface area contributed by atoms with Crippen molar-refractivity contribution < 1.29 is 14.3 Å². The molecule has 0 N–H and O–H groups in total. The topological polar surface area (TPSA) is 43.4 Å². The maximum absolute atomic E-state index is 11.8. The van der Waals surface area contributed by atoms with Gasteiger partial charge in [0, 0.05) is 11.8 Å². The van der Waals surface area contributed by atoms with Crippen LogP contribution in [0.25, 0.3) is 0 Å². The molecular formula is C16H22O3. The van der Waals surface area contributed by atoms with Crippen LogP contribution in [-0.2, 0) is 16.0 Å². The number of Topliss-reactive ketones (excluding diaryl/α,β-unsaturated/α-hetero) is 2. The largest absolute Gasteiger partial charge is 0.491 e. The van der Waals surface area contributed by atoms with Gasteiger partial charge in [-0.2, -0.15) is 0 Å². The van der Waals surface area contributed by atoms with E-state index in [2.05, 4.69) is 0 Å². The molecule has 1 rings (SSSR count). The van der Waals surface area contributed by atoms with Crippen LogP contribution in [0.5, 0.6) is 5.75 Å². The van der Waals surface area contributed by atoms with Crippen LogP contribution in [-0.4, -0.2) is 17.7 Å². The number of carbonyl (C=O) groups is 2. The van der Waals surface area contributed by atoms with Gasteiger partial charge in [0.15, 0.2) is 0 Å². The molecule has 3 nitrogen and oxygen atoms in total. The normalized spacial score (nSPS) is 11.5. The van der Waals surface area contributed by atoms with E-state index in [-0.39, 0.29) is 24.1 Å². The molecule has 1 aromatic carbocycles. The summed E-state index contributed by atoms with van der Waals surface area (Å²) in [6, 6.07) is 7.30. The summed E-state index contributed by atoms with van der Waals surface area (Å²) in [5.41, 5.74) is 0.219. The molecular weight excluding hydrogens is 240 g/mol. The Labute approximate surface area is 115 Å². The Morgan fingerprint density at radius 3 is 2.05 bits per heavy atom. The highest BCUT2D eigenvalue weighted by Gasteiger charge is 2.27. The molecule has 0 heterocycles. The Hall–Kier alpha value is -1.64. The van der Waals surface area contributed by atoms with Gasteiger partial charge in [0.1, 0.15) is 5.75 Å². The molecule has 0 spiro atoms. The maximum atomic E-state index is 11.8. The summed E-state index contributed by atoms with van der Waals surface area (Å²) in [7, 11) is 0. The van der Waals surface area contributed by atoms with E-state index in [0.29, 0.717) is 0 Å². The SMILES string of the molecule is CC(C)Oc1ccc(CC(=O)C(=O)C(C)(C)C)cc1. The van der Waals surface area contributed by atoms with E-state index < -0.39 is 5.41 Å². The van der Waals surface area contributed by atoms with Gasteiger partial charge in [0.2, 0.25) is 11.6 Å². The number of hydrogen-bond donors (Lipinski definition) is 0. The first-order chi connectivity index (χ1) is 8.70. The van der Waals surface area contributed by atoms with Crippen LogP contribution in [0.2, 0.25) is 0 Å². The van der Waals surface area contributed by atoms with Gasteiger partial charge in [0.05, 0.1) is 6.10 Å². The lowest BCUT2D eigenvalue weighted by atomic mass is 9.86. The van der Waals surface area contributed by atoms with E-state index in [9.17, 15) is 9.59 Å². The third kappa shape index (κ3) is 4.86. The molecule has 104 valence electrons. The summed E-state index contributed by atoms with van der Waals surface area (Å²) in [5, 5.41) is 0. The molecule has 0 amide bonds. The van der Waals surface area contributed by atoms with E-state index in [1.807, 2.05) is 38.1 Å². The van der Waals surface area contributed by atoms with Gasteiger partial charge in [-0.25, -0.2) is 0 Å². The van der Waals surface area contributed by atoms with Gasteiger partial charge >= 0.3 is 0 Å². The second kappa shape index (κ2) is 6.00. The summed E-state index contributed by atoms with van der Waals surface area (Å²) in [6.45, 7) is 9.19. The van der Waals surface area contributed by atoms with Crippen molar-refractivity contribution >= 4 is 11.6 Å². The summed E-state index contributed by atoms with van der Waals surface area (Å²) < 4.78 is 5.52. The molecule has 0 fully saturated rings. The fourth-order valence-electron chi connectivity index (χ4n) is 1.64. The smallest absolute Gasteiger partial charge is 0.204 e. The van der Waals surface area contributed by atoms with Crippen LogP contribution in [0.3, 0.4) is 0 Å². The average molecular weight is 262 g/mol. The first kappa shape index (κ1) is 15.4. The predicted octanol–water partition coefficient (Wildman–Crippen LogP) is 3.20. The van der Waals surface area contributed by atoms with Gasteiger partial charge in [-0.15, -0.1) is 0 Å². The number of hydrogen-bond acceptors (Lipinski definition) is 3. The molecule has 3 heteroatoms. The fraction of sp³-hybridized carbons (Fsp3) is 0.500. The molecule has 1 aromatic rings. The fourth-order valence-corrected chi connectivity index (χ4v) is 1.64. The molecule has 0 aliphatic carbocycles. The Morgan fingerprint density at radius 2 is 1.63 bits per heavy atom. The number of ether oxygens (including phenoxy) is 1. The molecule has 0 unspecified atom stereocenters.